The number of hydrogen-bond donors (Lipinski definition) is 3. The van der Waals surface area contributed by atoms with Gasteiger partial charge >= 0.3 is 12.0 Å². The Bertz CT molecular complexity index is 491. The number of carboxylic acid groups (broad SMARTS) is 1. The van der Waals surface area contributed by atoms with Crippen LogP contribution in [0, 0.1) is 0 Å². The SMILES string of the molecule is C=CC(C)NC(=O)N[C@@H](C(=O)O)c1ccccc1Cl. The van der Waals surface area contributed by atoms with Crippen LogP contribution in [0.1, 0.15) is 18.5 Å². The lowest BCUT2D eigenvalue weighted by Crippen LogP contribution is -2.43. The molecule has 1 rings (SSSR count). The Morgan fingerprint density at radius 3 is 2.53 bits per heavy atom. The molecule has 2 amide bonds. The third-order valence-electron chi connectivity index (χ3n) is 2.45. The van der Waals surface area contributed by atoms with Gasteiger partial charge in [-0.25, -0.2) is 9.59 Å². The number of rotatable bonds is 5. The van der Waals surface area contributed by atoms with E-state index in [2.05, 4.69) is 17.2 Å². The summed E-state index contributed by atoms with van der Waals surface area (Å²) in [6.07, 6.45) is 1.53. The number of aliphatic carboxylic acids is 1. The summed E-state index contributed by atoms with van der Waals surface area (Å²) < 4.78 is 0. The van der Waals surface area contributed by atoms with Crippen molar-refractivity contribution in [2.24, 2.45) is 0 Å². The Balaban J connectivity index is 2.86. The lowest BCUT2D eigenvalue weighted by Gasteiger charge is -2.18. The molecule has 0 heterocycles. The van der Waals surface area contributed by atoms with Crippen molar-refractivity contribution >= 4 is 23.6 Å². The molecule has 19 heavy (non-hydrogen) atoms. The zero-order valence-electron chi connectivity index (χ0n) is 10.4. The molecular formula is C13H15ClN2O3. The van der Waals surface area contributed by atoms with Crippen LogP contribution in [0.3, 0.4) is 0 Å². The molecule has 102 valence electrons. The molecule has 3 N–H and O–H groups in total. The van der Waals surface area contributed by atoms with Crippen molar-refractivity contribution in [3.63, 3.8) is 0 Å². The molecule has 0 spiro atoms. The summed E-state index contributed by atoms with van der Waals surface area (Å²) in [5, 5.41) is 14.3. The second-order valence-electron chi connectivity index (χ2n) is 3.93. The van der Waals surface area contributed by atoms with E-state index in [0.29, 0.717) is 5.56 Å². The Morgan fingerprint density at radius 2 is 2.00 bits per heavy atom. The van der Waals surface area contributed by atoms with Crippen LogP contribution in [0.2, 0.25) is 5.02 Å². The van der Waals surface area contributed by atoms with E-state index in [9.17, 15) is 14.7 Å². The number of carboxylic acids is 1. The number of hydrogen-bond acceptors (Lipinski definition) is 2. The first-order chi connectivity index (χ1) is 8.95. The van der Waals surface area contributed by atoms with Gasteiger partial charge < -0.3 is 15.7 Å². The number of amides is 2. The van der Waals surface area contributed by atoms with Gasteiger partial charge in [0.1, 0.15) is 0 Å². The van der Waals surface area contributed by atoms with E-state index < -0.39 is 18.0 Å². The van der Waals surface area contributed by atoms with Gasteiger partial charge in [0.05, 0.1) is 0 Å². The van der Waals surface area contributed by atoms with E-state index >= 15 is 0 Å². The van der Waals surface area contributed by atoms with Crippen LogP contribution in [0.5, 0.6) is 0 Å². The molecule has 0 aliphatic rings. The zero-order chi connectivity index (χ0) is 14.4. The minimum atomic E-state index is -1.20. The van der Waals surface area contributed by atoms with Gasteiger partial charge in [-0.15, -0.1) is 6.58 Å². The Kier molecular flexibility index (Phi) is 5.38. The molecule has 0 bridgehead atoms. The van der Waals surface area contributed by atoms with Crippen molar-refractivity contribution in [1.29, 1.82) is 0 Å². The Hall–Kier alpha value is -2.01. The highest BCUT2D eigenvalue weighted by Gasteiger charge is 2.24. The van der Waals surface area contributed by atoms with Crippen LogP contribution in [-0.4, -0.2) is 23.1 Å². The number of benzene rings is 1. The quantitative estimate of drug-likeness (QED) is 0.725. The topological polar surface area (TPSA) is 78.4 Å². The van der Waals surface area contributed by atoms with Gasteiger partial charge in [0.25, 0.3) is 0 Å². The van der Waals surface area contributed by atoms with Crippen LogP contribution in [0.25, 0.3) is 0 Å². The van der Waals surface area contributed by atoms with Gasteiger partial charge in [-0.2, -0.15) is 0 Å². The van der Waals surface area contributed by atoms with E-state index in [-0.39, 0.29) is 11.1 Å². The molecule has 0 aromatic heterocycles. The summed E-state index contributed by atoms with van der Waals surface area (Å²) in [6, 6.07) is 4.40. The van der Waals surface area contributed by atoms with Gasteiger partial charge in [0.15, 0.2) is 6.04 Å². The minimum absolute atomic E-state index is 0.263. The molecular weight excluding hydrogens is 268 g/mol. The van der Waals surface area contributed by atoms with Crippen molar-refractivity contribution in [1.82, 2.24) is 10.6 Å². The monoisotopic (exact) mass is 282 g/mol. The van der Waals surface area contributed by atoms with Crippen LogP contribution in [0.15, 0.2) is 36.9 Å². The molecule has 0 aliphatic heterocycles. The first-order valence-corrected chi connectivity index (χ1v) is 6.00. The number of halogens is 1. The van der Waals surface area contributed by atoms with Gasteiger partial charge in [0.2, 0.25) is 0 Å². The van der Waals surface area contributed by atoms with Crippen LogP contribution in [-0.2, 0) is 4.79 Å². The van der Waals surface area contributed by atoms with Gasteiger partial charge in [-0.05, 0) is 13.0 Å². The number of carbonyl (C=O) groups excluding carboxylic acids is 1. The maximum atomic E-state index is 11.6. The molecule has 0 aliphatic carbocycles. The van der Waals surface area contributed by atoms with E-state index in [4.69, 9.17) is 11.6 Å². The maximum Gasteiger partial charge on any atom is 0.331 e. The third kappa shape index (κ3) is 4.30. The number of carbonyl (C=O) groups is 2. The Morgan fingerprint density at radius 1 is 1.37 bits per heavy atom. The van der Waals surface area contributed by atoms with Crippen LogP contribution in [0.4, 0.5) is 4.79 Å². The summed E-state index contributed by atoms with van der Waals surface area (Å²) >= 11 is 5.93. The van der Waals surface area contributed by atoms with Crippen LogP contribution < -0.4 is 10.6 Å². The fourth-order valence-corrected chi connectivity index (χ4v) is 1.67. The highest BCUT2D eigenvalue weighted by Crippen LogP contribution is 2.22. The summed E-state index contributed by atoms with van der Waals surface area (Å²) in [5.41, 5.74) is 0.332. The van der Waals surface area contributed by atoms with Crippen molar-refractivity contribution < 1.29 is 14.7 Å². The van der Waals surface area contributed by atoms with Crippen LogP contribution >= 0.6 is 11.6 Å². The van der Waals surface area contributed by atoms with Gasteiger partial charge in [-0.3, -0.25) is 0 Å². The summed E-state index contributed by atoms with van der Waals surface area (Å²) in [4.78, 5) is 22.9. The summed E-state index contributed by atoms with van der Waals surface area (Å²) in [6.45, 7) is 5.24. The largest absolute Gasteiger partial charge is 0.479 e. The lowest BCUT2D eigenvalue weighted by molar-refractivity contribution is -0.139. The first kappa shape index (κ1) is 15.0. The maximum absolute atomic E-state index is 11.6. The predicted octanol–water partition coefficient (Wildman–Crippen LogP) is 2.34. The molecule has 0 radical (unpaired) electrons. The smallest absolute Gasteiger partial charge is 0.331 e. The number of urea groups is 1. The molecule has 1 unspecified atom stereocenters. The Labute approximate surface area is 116 Å². The average Bonchev–Trinajstić information content (AvgIpc) is 2.36. The molecule has 1 aromatic carbocycles. The first-order valence-electron chi connectivity index (χ1n) is 5.62. The predicted molar refractivity (Wildman–Crippen MR) is 73.2 cm³/mol. The van der Waals surface area contributed by atoms with E-state index in [0.717, 1.165) is 0 Å². The lowest BCUT2D eigenvalue weighted by atomic mass is 10.1. The molecule has 6 heteroatoms. The highest BCUT2D eigenvalue weighted by atomic mass is 35.5. The molecule has 0 saturated carbocycles. The van der Waals surface area contributed by atoms with E-state index in [1.54, 1.807) is 31.2 Å². The van der Waals surface area contributed by atoms with Crippen molar-refractivity contribution in [3.05, 3.63) is 47.5 Å². The highest BCUT2D eigenvalue weighted by molar-refractivity contribution is 6.31. The van der Waals surface area contributed by atoms with Crippen molar-refractivity contribution in [3.8, 4) is 0 Å². The zero-order valence-corrected chi connectivity index (χ0v) is 11.1. The average molecular weight is 283 g/mol. The summed E-state index contributed by atoms with van der Waals surface area (Å²) in [5.74, 6) is -1.19. The fraction of sp³-hybridized carbons (Fsp3) is 0.231. The van der Waals surface area contributed by atoms with Crippen molar-refractivity contribution in [2.45, 2.75) is 19.0 Å². The standard InChI is InChI=1S/C13H15ClN2O3/c1-3-8(2)15-13(19)16-11(12(17)18)9-6-4-5-7-10(9)14/h3-8,11H,1H2,2H3,(H,17,18)(H2,15,16,19)/t8?,11-/m1/s1. The molecule has 5 nitrogen and oxygen atoms in total. The normalized spacial score (nSPS) is 13.2. The van der Waals surface area contributed by atoms with Crippen molar-refractivity contribution in [2.75, 3.05) is 0 Å². The molecule has 2 atom stereocenters. The molecule has 0 saturated heterocycles. The molecule has 0 fully saturated rings. The van der Waals surface area contributed by atoms with Gasteiger partial charge in [0, 0.05) is 16.6 Å². The fourth-order valence-electron chi connectivity index (χ4n) is 1.42. The van der Waals surface area contributed by atoms with E-state index in [1.807, 2.05) is 0 Å². The van der Waals surface area contributed by atoms with Gasteiger partial charge in [-0.1, -0.05) is 35.9 Å². The second kappa shape index (κ2) is 6.80. The van der Waals surface area contributed by atoms with E-state index in [1.165, 1.54) is 6.08 Å². The number of nitrogens with one attached hydrogen (secondary N) is 2. The second-order valence-corrected chi connectivity index (χ2v) is 4.34. The minimum Gasteiger partial charge on any atom is -0.479 e. The summed E-state index contributed by atoms with van der Waals surface area (Å²) in [7, 11) is 0. The molecule has 1 aromatic rings. The third-order valence-corrected chi connectivity index (χ3v) is 2.80.